The minimum Gasteiger partial charge on any atom is -0.506 e. The second-order valence-corrected chi connectivity index (χ2v) is 6.24. The zero-order chi connectivity index (χ0) is 13.0. The van der Waals surface area contributed by atoms with Gasteiger partial charge in [0.05, 0.1) is 18.0 Å². The van der Waals surface area contributed by atoms with Crippen molar-refractivity contribution < 1.29 is 9.90 Å². The Hall–Kier alpha value is -0.850. The maximum atomic E-state index is 11.7. The summed E-state index contributed by atoms with van der Waals surface area (Å²) in [6.45, 7) is 0.823. The van der Waals surface area contributed by atoms with E-state index in [2.05, 4.69) is 10.3 Å². The van der Waals surface area contributed by atoms with Gasteiger partial charge in [-0.3, -0.25) is 9.79 Å². The van der Waals surface area contributed by atoms with Crippen molar-refractivity contribution in [3.05, 3.63) is 23.2 Å². The molecule has 0 aliphatic carbocycles. The van der Waals surface area contributed by atoms with Crippen LogP contribution in [0, 0.1) is 0 Å². The normalized spacial score (nSPS) is 14.4. The number of nitrogens with zero attached hydrogens (tertiary/aromatic N) is 1. The zero-order valence-electron chi connectivity index (χ0n) is 9.35. The van der Waals surface area contributed by atoms with Crippen molar-refractivity contribution in [2.24, 2.45) is 4.99 Å². The van der Waals surface area contributed by atoms with E-state index in [1.807, 2.05) is 0 Å². The van der Waals surface area contributed by atoms with E-state index in [0.717, 1.165) is 16.7 Å². The first-order valence-electron chi connectivity index (χ1n) is 5.23. The van der Waals surface area contributed by atoms with Gasteiger partial charge in [0.1, 0.15) is 10.1 Å². The fourth-order valence-electron chi connectivity index (χ4n) is 1.32. The number of benzene rings is 1. The van der Waals surface area contributed by atoms with Crippen LogP contribution in [-0.2, 0) is 4.79 Å². The van der Waals surface area contributed by atoms with Crippen LogP contribution in [0.4, 0.5) is 5.69 Å². The van der Waals surface area contributed by atoms with Crippen LogP contribution >= 0.6 is 35.1 Å². The minimum atomic E-state index is -0.187. The highest BCUT2D eigenvalue weighted by Gasteiger charge is 2.12. The van der Waals surface area contributed by atoms with Crippen molar-refractivity contribution in [2.75, 3.05) is 23.4 Å². The number of carbonyl (C=O) groups excluding carboxylic acids is 1. The van der Waals surface area contributed by atoms with Crippen LogP contribution < -0.4 is 5.32 Å². The van der Waals surface area contributed by atoms with Gasteiger partial charge in [-0.25, -0.2) is 0 Å². The highest BCUT2D eigenvalue weighted by Crippen LogP contribution is 2.27. The minimum absolute atomic E-state index is 0.00494. The molecule has 0 fully saturated rings. The van der Waals surface area contributed by atoms with Crippen molar-refractivity contribution in [3.8, 4) is 5.75 Å². The molecule has 0 saturated carbocycles. The molecule has 0 aromatic heterocycles. The van der Waals surface area contributed by atoms with Gasteiger partial charge in [-0.1, -0.05) is 35.1 Å². The Morgan fingerprint density at radius 2 is 2.44 bits per heavy atom. The Morgan fingerprint density at radius 1 is 1.61 bits per heavy atom. The molecule has 4 nitrogen and oxygen atoms in total. The molecule has 0 spiro atoms. The molecule has 0 atom stereocenters. The summed E-state index contributed by atoms with van der Waals surface area (Å²) in [5, 5.41) is 12.6. The SMILES string of the molecule is O=C(CSC1=NCCS1)Nc1cc(Cl)ccc1O. The van der Waals surface area contributed by atoms with E-state index in [0.29, 0.717) is 10.7 Å². The largest absolute Gasteiger partial charge is 0.506 e. The second-order valence-electron chi connectivity index (χ2n) is 3.49. The lowest BCUT2D eigenvalue weighted by Gasteiger charge is -2.07. The monoisotopic (exact) mass is 302 g/mol. The molecule has 96 valence electrons. The maximum absolute atomic E-state index is 11.7. The predicted molar refractivity (Wildman–Crippen MR) is 79.0 cm³/mol. The second kappa shape index (κ2) is 6.36. The van der Waals surface area contributed by atoms with E-state index in [4.69, 9.17) is 11.6 Å². The molecule has 1 aromatic rings. The first-order valence-corrected chi connectivity index (χ1v) is 7.58. The third-order valence-electron chi connectivity index (χ3n) is 2.12. The third kappa shape index (κ3) is 3.83. The molecule has 0 bridgehead atoms. The van der Waals surface area contributed by atoms with E-state index in [9.17, 15) is 9.90 Å². The van der Waals surface area contributed by atoms with Crippen LogP contribution in [0.2, 0.25) is 5.02 Å². The number of amides is 1. The van der Waals surface area contributed by atoms with Crippen LogP contribution in [0.1, 0.15) is 0 Å². The van der Waals surface area contributed by atoms with Gasteiger partial charge in [-0.2, -0.15) is 0 Å². The molecule has 0 saturated heterocycles. The number of rotatable bonds is 3. The molecular formula is C11H11ClN2O2S2. The first-order chi connectivity index (χ1) is 8.65. The molecule has 1 aliphatic rings. The molecule has 18 heavy (non-hydrogen) atoms. The van der Waals surface area contributed by atoms with Crippen molar-refractivity contribution in [1.29, 1.82) is 0 Å². The molecule has 0 unspecified atom stereocenters. The summed E-state index contributed by atoms with van der Waals surface area (Å²) in [6.07, 6.45) is 0. The highest BCUT2D eigenvalue weighted by atomic mass is 35.5. The zero-order valence-corrected chi connectivity index (χ0v) is 11.7. The number of phenols is 1. The number of phenolic OH excluding ortho intramolecular Hbond substituents is 1. The summed E-state index contributed by atoms with van der Waals surface area (Å²) >= 11 is 8.86. The molecule has 1 heterocycles. The van der Waals surface area contributed by atoms with Gasteiger partial charge >= 0.3 is 0 Å². The number of nitrogens with one attached hydrogen (secondary N) is 1. The van der Waals surface area contributed by atoms with Crippen LogP contribution in [0.3, 0.4) is 0 Å². The molecule has 0 radical (unpaired) electrons. The van der Waals surface area contributed by atoms with Crippen LogP contribution in [0.15, 0.2) is 23.2 Å². The molecular weight excluding hydrogens is 292 g/mol. The lowest BCUT2D eigenvalue weighted by molar-refractivity contribution is -0.113. The fraction of sp³-hybridized carbons (Fsp3) is 0.273. The summed E-state index contributed by atoms with van der Waals surface area (Å²) in [7, 11) is 0. The Labute approximate surface area is 118 Å². The average molecular weight is 303 g/mol. The van der Waals surface area contributed by atoms with Gasteiger partial charge < -0.3 is 10.4 Å². The summed E-state index contributed by atoms with van der Waals surface area (Å²) in [5.41, 5.74) is 0.328. The summed E-state index contributed by atoms with van der Waals surface area (Å²) < 4.78 is 0.945. The molecule has 1 aliphatic heterocycles. The lowest BCUT2D eigenvalue weighted by atomic mass is 10.3. The lowest BCUT2D eigenvalue weighted by Crippen LogP contribution is -2.14. The summed E-state index contributed by atoms with van der Waals surface area (Å²) in [6, 6.07) is 4.52. The van der Waals surface area contributed by atoms with Crippen molar-refractivity contribution in [3.63, 3.8) is 0 Å². The molecule has 7 heteroatoms. The van der Waals surface area contributed by atoms with Crippen LogP contribution in [0.5, 0.6) is 5.75 Å². The number of thioether (sulfide) groups is 2. The van der Waals surface area contributed by atoms with Crippen molar-refractivity contribution >= 4 is 51.1 Å². The molecule has 1 amide bonds. The molecule has 2 rings (SSSR count). The van der Waals surface area contributed by atoms with E-state index in [1.54, 1.807) is 17.8 Å². The summed E-state index contributed by atoms with van der Waals surface area (Å²) in [4.78, 5) is 15.9. The van der Waals surface area contributed by atoms with Crippen LogP contribution in [0.25, 0.3) is 0 Å². The van der Waals surface area contributed by atoms with E-state index in [-0.39, 0.29) is 17.4 Å². The van der Waals surface area contributed by atoms with E-state index >= 15 is 0 Å². The average Bonchev–Trinajstić information content (AvgIpc) is 2.84. The Morgan fingerprint density at radius 3 is 3.17 bits per heavy atom. The standard InChI is InChI=1S/C11H11ClN2O2S2/c12-7-1-2-9(15)8(5-7)14-10(16)6-18-11-13-3-4-17-11/h1-2,5,15H,3-4,6H2,(H,14,16). The maximum Gasteiger partial charge on any atom is 0.234 e. The highest BCUT2D eigenvalue weighted by molar-refractivity contribution is 8.39. The van der Waals surface area contributed by atoms with Gasteiger partial charge in [0, 0.05) is 10.8 Å². The fourth-order valence-corrected chi connectivity index (χ4v) is 3.31. The predicted octanol–water partition coefficient (Wildman–Crippen LogP) is 2.82. The first kappa shape index (κ1) is 13.6. The number of hydrogen-bond donors (Lipinski definition) is 2. The number of halogens is 1. The Bertz CT molecular complexity index is 494. The summed E-state index contributed by atoms with van der Waals surface area (Å²) in [5.74, 6) is 1.08. The van der Waals surface area contributed by atoms with Crippen LogP contribution in [-0.4, -0.2) is 33.4 Å². The molecule has 2 N–H and O–H groups in total. The van der Waals surface area contributed by atoms with Gasteiger partial charge in [-0.15, -0.1) is 0 Å². The van der Waals surface area contributed by atoms with E-state index in [1.165, 1.54) is 23.9 Å². The van der Waals surface area contributed by atoms with Gasteiger partial charge in [0.15, 0.2) is 0 Å². The topological polar surface area (TPSA) is 61.7 Å². The number of anilines is 1. The number of aliphatic imine (C=N–C) groups is 1. The third-order valence-corrected chi connectivity index (χ3v) is 4.60. The number of aromatic hydroxyl groups is 1. The van der Waals surface area contributed by atoms with Gasteiger partial charge in [0.25, 0.3) is 0 Å². The molecule has 1 aromatic carbocycles. The quantitative estimate of drug-likeness (QED) is 0.843. The van der Waals surface area contributed by atoms with Crippen molar-refractivity contribution in [2.45, 2.75) is 0 Å². The van der Waals surface area contributed by atoms with Crippen molar-refractivity contribution in [1.82, 2.24) is 0 Å². The smallest absolute Gasteiger partial charge is 0.234 e. The Kier molecular flexibility index (Phi) is 4.79. The van der Waals surface area contributed by atoms with Gasteiger partial charge in [-0.05, 0) is 18.2 Å². The number of carbonyl (C=O) groups is 1. The van der Waals surface area contributed by atoms with Gasteiger partial charge in [0.2, 0.25) is 5.91 Å². The Balaban J connectivity index is 1.88. The number of hydrogen-bond acceptors (Lipinski definition) is 5. The van der Waals surface area contributed by atoms with E-state index < -0.39 is 0 Å².